The van der Waals surface area contributed by atoms with Crippen LogP contribution in [-0.2, 0) is 6.54 Å². The molecule has 7 nitrogen and oxygen atoms in total. The van der Waals surface area contributed by atoms with Crippen LogP contribution in [0.5, 0.6) is 0 Å². The number of hydrogen-bond donors (Lipinski definition) is 2. The molecule has 2 aliphatic heterocycles. The zero-order valence-corrected chi connectivity index (χ0v) is 22.7. The number of H-pyrrole nitrogens is 1. The van der Waals surface area contributed by atoms with Crippen LogP contribution in [0.3, 0.4) is 0 Å². The number of benzene rings is 1. The molecule has 3 aliphatic rings. The molecule has 0 bridgehead atoms. The van der Waals surface area contributed by atoms with Crippen LogP contribution in [0.25, 0.3) is 0 Å². The van der Waals surface area contributed by atoms with E-state index in [0.717, 1.165) is 61.2 Å². The highest BCUT2D eigenvalue weighted by Crippen LogP contribution is 2.40. The predicted molar refractivity (Wildman–Crippen MR) is 143 cm³/mol. The van der Waals surface area contributed by atoms with Crippen molar-refractivity contribution in [2.24, 2.45) is 0 Å². The van der Waals surface area contributed by atoms with Crippen molar-refractivity contribution in [1.82, 2.24) is 25.0 Å². The van der Waals surface area contributed by atoms with Gasteiger partial charge in [0.15, 0.2) is 5.43 Å². The molecule has 206 valence electrons. The van der Waals surface area contributed by atoms with Gasteiger partial charge >= 0.3 is 6.03 Å². The first-order chi connectivity index (χ1) is 18.2. The SMILES string of the molecule is CN[C@@H]1CCN(C(=O)N2CCN(Cc3c(C)[nH]c(C)cc3=O)C3(CCCC3)C2)[C@H](c2cc(F)ccc2F)C1. The topological polar surface area (TPSA) is 71.7 Å². The molecule has 5 rings (SSSR count). The van der Waals surface area contributed by atoms with Crippen LogP contribution < -0.4 is 10.7 Å². The molecule has 2 N–H and O–H groups in total. The van der Waals surface area contributed by atoms with E-state index < -0.39 is 17.7 Å². The monoisotopic (exact) mass is 527 g/mol. The van der Waals surface area contributed by atoms with Gasteiger partial charge in [0.25, 0.3) is 0 Å². The summed E-state index contributed by atoms with van der Waals surface area (Å²) in [5.74, 6) is -0.984. The van der Waals surface area contributed by atoms with Gasteiger partial charge in [-0.3, -0.25) is 9.69 Å². The van der Waals surface area contributed by atoms with Gasteiger partial charge in [-0.25, -0.2) is 13.6 Å². The van der Waals surface area contributed by atoms with Crippen molar-refractivity contribution in [1.29, 1.82) is 0 Å². The number of pyridine rings is 1. The van der Waals surface area contributed by atoms with Crippen LogP contribution in [0, 0.1) is 25.5 Å². The highest BCUT2D eigenvalue weighted by atomic mass is 19.1. The van der Waals surface area contributed by atoms with Crippen molar-refractivity contribution in [3.63, 3.8) is 0 Å². The van der Waals surface area contributed by atoms with Gasteiger partial charge in [-0.1, -0.05) is 12.8 Å². The minimum absolute atomic E-state index is 0.0535. The molecule has 9 heteroatoms. The van der Waals surface area contributed by atoms with Crippen LogP contribution in [0.1, 0.15) is 67.1 Å². The lowest BCUT2D eigenvalue weighted by Crippen LogP contribution is -2.64. The van der Waals surface area contributed by atoms with Gasteiger partial charge in [0.2, 0.25) is 0 Å². The Hall–Kier alpha value is -2.78. The number of piperazine rings is 1. The Balaban J connectivity index is 1.39. The zero-order chi connectivity index (χ0) is 27.0. The van der Waals surface area contributed by atoms with Gasteiger partial charge < -0.3 is 20.1 Å². The molecular formula is C29H39F2N5O2. The molecule has 2 amide bonds. The highest BCUT2D eigenvalue weighted by Gasteiger charge is 2.46. The van der Waals surface area contributed by atoms with E-state index in [-0.39, 0.29) is 28.6 Å². The number of nitrogens with zero attached hydrogens (tertiary/aromatic N) is 3. The van der Waals surface area contributed by atoms with E-state index in [4.69, 9.17) is 0 Å². The first-order valence-electron chi connectivity index (χ1n) is 13.8. The van der Waals surface area contributed by atoms with Crippen LogP contribution in [0.4, 0.5) is 13.6 Å². The van der Waals surface area contributed by atoms with Gasteiger partial charge in [0, 0.05) is 72.9 Å². The highest BCUT2D eigenvalue weighted by molar-refractivity contribution is 5.75. The molecular weight excluding hydrogens is 488 g/mol. The molecule has 0 unspecified atom stereocenters. The number of aryl methyl sites for hydroxylation is 2. The van der Waals surface area contributed by atoms with Crippen molar-refractivity contribution >= 4 is 6.03 Å². The van der Waals surface area contributed by atoms with Crippen molar-refractivity contribution in [3.05, 3.63) is 68.6 Å². The van der Waals surface area contributed by atoms with Gasteiger partial charge in [0.05, 0.1) is 6.04 Å². The Labute approximate surface area is 223 Å². The van der Waals surface area contributed by atoms with E-state index >= 15 is 0 Å². The lowest BCUT2D eigenvalue weighted by molar-refractivity contribution is -0.00249. The van der Waals surface area contributed by atoms with Crippen molar-refractivity contribution in [2.45, 2.75) is 76.5 Å². The normalized spacial score (nSPS) is 23.8. The molecule has 2 atom stereocenters. The molecule has 3 heterocycles. The summed E-state index contributed by atoms with van der Waals surface area (Å²) in [6, 6.07) is 4.64. The summed E-state index contributed by atoms with van der Waals surface area (Å²) < 4.78 is 29.0. The maximum absolute atomic E-state index is 14.9. The number of halogens is 2. The third-order valence-electron chi connectivity index (χ3n) is 9.01. The van der Waals surface area contributed by atoms with Gasteiger partial charge in [0.1, 0.15) is 11.6 Å². The zero-order valence-electron chi connectivity index (χ0n) is 22.7. The summed E-state index contributed by atoms with van der Waals surface area (Å²) in [5, 5.41) is 3.26. The molecule has 0 radical (unpaired) electrons. The minimum Gasteiger partial charge on any atom is -0.362 e. The molecule has 2 aromatic rings. The third-order valence-corrected chi connectivity index (χ3v) is 9.01. The maximum atomic E-state index is 14.9. The van der Waals surface area contributed by atoms with Crippen LogP contribution in [-0.4, -0.2) is 70.5 Å². The number of aromatic amines is 1. The van der Waals surface area contributed by atoms with Crippen molar-refractivity contribution < 1.29 is 13.6 Å². The smallest absolute Gasteiger partial charge is 0.320 e. The number of likely N-dealkylation sites (tertiary alicyclic amines) is 1. The number of rotatable bonds is 4. The second-order valence-corrected chi connectivity index (χ2v) is 11.4. The first-order valence-corrected chi connectivity index (χ1v) is 13.8. The second kappa shape index (κ2) is 10.8. The number of carbonyl (C=O) groups is 1. The fraction of sp³-hybridized carbons (Fsp3) is 0.586. The molecule has 1 aromatic carbocycles. The maximum Gasteiger partial charge on any atom is 0.320 e. The van der Waals surface area contributed by atoms with E-state index in [1.165, 1.54) is 6.07 Å². The van der Waals surface area contributed by atoms with Crippen LogP contribution in [0.2, 0.25) is 0 Å². The molecule has 38 heavy (non-hydrogen) atoms. The molecule has 1 spiro atoms. The summed E-state index contributed by atoms with van der Waals surface area (Å²) in [7, 11) is 1.87. The Morgan fingerprint density at radius 2 is 1.89 bits per heavy atom. The number of piperidine rings is 1. The van der Waals surface area contributed by atoms with Crippen molar-refractivity contribution in [2.75, 3.05) is 33.2 Å². The Morgan fingerprint density at radius 3 is 2.61 bits per heavy atom. The first kappa shape index (κ1) is 26.8. The van der Waals surface area contributed by atoms with E-state index in [2.05, 4.69) is 15.2 Å². The van der Waals surface area contributed by atoms with Gasteiger partial charge in [-0.05, 0) is 64.8 Å². The molecule has 3 fully saturated rings. The fourth-order valence-electron chi connectivity index (χ4n) is 6.90. The Bertz CT molecular complexity index is 1240. The number of nitrogens with one attached hydrogen (secondary N) is 2. The van der Waals surface area contributed by atoms with E-state index in [1.54, 1.807) is 11.0 Å². The van der Waals surface area contributed by atoms with E-state index in [0.29, 0.717) is 39.1 Å². The molecule has 1 saturated carbocycles. The number of hydrogen-bond acceptors (Lipinski definition) is 4. The number of carbonyl (C=O) groups excluding carboxylic acids is 1. The lowest BCUT2D eigenvalue weighted by atomic mass is 9.90. The second-order valence-electron chi connectivity index (χ2n) is 11.4. The quantitative estimate of drug-likeness (QED) is 0.624. The van der Waals surface area contributed by atoms with Gasteiger partial charge in [-0.15, -0.1) is 0 Å². The van der Waals surface area contributed by atoms with E-state index in [9.17, 15) is 18.4 Å². The van der Waals surface area contributed by atoms with Crippen molar-refractivity contribution in [3.8, 4) is 0 Å². The Kier molecular flexibility index (Phi) is 7.60. The molecule has 2 saturated heterocycles. The largest absolute Gasteiger partial charge is 0.362 e. The predicted octanol–water partition coefficient (Wildman–Crippen LogP) is 4.25. The van der Waals surface area contributed by atoms with Gasteiger partial charge in [-0.2, -0.15) is 0 Å². The summed E-state index contributed by atoms with van der Waals surface area (Å²) >= 11 is 0. The number of urea groups is 1. The minimum atomic E-state index is -0.532. The average Bonchev–Trinajstić information content (AvgIpc) is 3.36. The van der Waals surface area contributed by atoms with Crippen LogP contribution in [0.15, 0.2) is 29.1 Å². The summed E-state index contributed by atoms with van der Waals surface area (Å²) in [4.78, 5) is 36.2. The molecule has 1 aliphatic carbocycles. The Morgan fingerprint density at radius 1 is 1.13 bits per heavy atom. The standard InChI is InChI=1S/C29H39F2N5O2/c1-19-14-27(37)24(20(2)33-19)17-35-13-12-34(18-29(35)9-4-5-10-29)28(38)36-11-8-22(32-3)16-26(36)23-15-21(30)6-7-25(23)31/h6-7,14-15,22,26,32H,4-5,8-13,16-18H2,1-3H3,(H,33,37)/t22-,26+/m1/s1. The fourth-order valence-corrected chi connectivity index (χ4v) is 6.90. The molecule has 1 aromatic heterocycles. The lowest BCUT2D eigenvalue weighted by Gasteiger charge is -2.51. The summed E-state index contributed by atoms with van der Waals surface area (Å²) in [6.07, 6.45) is 5.42. The van der Waals surface area contributed by atoms with Crippen LogP contribution >= 0.6 is 0 Å². The number of aromatic nitrogens is 1. The van der Waals surface area contributed by atoms with E-state index in [1.807, 2.05) is 25.8 Å². The third kappa shape index (κ3) is 5.10. The summed E-state index contributed by atoms with van der Waals surface area (Å²) in [5.41, 5.74) is 2.65. The number of amides is 2. The average molecular weight is 528 g/mol. The summed E-state index contributed by atoms with van der Waals surface area (Å²) in [6.45, 7) is 6.68.